The molecule has 0 aliphatic carbocycles. The van der Waals surface area contributed by atoms with Gasteiger partial charge in [0.25, 0.3) is 0 Å². The number of fused-ring (bicyclic) bond motifs is 1. The summed E-state index contributed by atoms with van der Waals surface area (Å²) in [5.74, 6) is 0.190. The van der Waals surface area contributed by atoms with E-state index in [1.807, 2.05) is 29.7 Å². The highest BCUT2D eigenvalue weighted by Crippen LogP contribution is 2.28. The lowest BCUT2D eigenvalue weighted by molar-refractivity contribution is -0.136. The number of aromatic nitrogens is 2. The number of nitrogens with zero attached hydrogens (tertiary/aromatic N) is 3. The number of rotatable bonds is 5. The average molecular weight is 267 g/mol. The molecule has 1 amide bonds. The number of carbonyl (C=O) groups is 1. The van der Waals surface area contributed by atoms with Crippen molar-refractivity contribution in [1.82, 2.24) is 14.7 Å². The minimum atomic E-state index is 0.0125. The first-order valence-corrected chi connectivity index (χ1v) is 6.52. The lowest BCUT2D eigenvalue weighted by atomic mass is 9.97. The lowest BCUT2D eigenvalue weighted by Gasteiger charge is -2.33. The van der Waals surface area contributed by atoms with Crippen molar-refractivity contribution in [2.24, 2.45) is 7.05 Å². The molecule has 2 heterocycles. The zero-order valence-electron chi connectivity index (χ0n) is 11.8. The van der Waals surface area contributed by atoms with Crippen LogP contribution in [0.2, 0.25) is 0 Å². The Morgan fingerprint density at radius 1 is 1.58 bits per heavy atom. The largest absolute Gasteiger partial charge is 0.381 e. The molecule has 1 atom stereocenters. The van der Waals surface area contributed by atoms with E-state index in [4.69, 9.17) is 9.47 Å². The van der Waals surface area contributed by atoms with E-state index in [0.717, 1.165) is 5.56 Å². The van der Waals surface area contributed by atoms with Gasteiger partial charge in [-0.2, -0.15) is 5.10 Å². The van der Waals surface area contributed by atoms with Crippen LogP contribution in [0, 0.1) is 0 Å². The number of methoxy groups -OCH3 is 1. The number of hydrogen-bond acceptors (Lipinski definition) is 4. The third-order valence-electron chi connectivity index (χ3n) is 3.40. The van der Waals surface area contributed by atoms with Crippen molar-refractivity contribution in [1.29, 1.82) is 0 Å². The normalized spacial score (nSPS) is 18.5. The van der Waals surface area contributed by atoms with E-state index in [9.17, 15) is 4.79 Å². The molecule has 0 N–H and O–H groups in total. The number of hydrogen-bond donors (Lipinski definition) is 0. The summed E-state index contributed by atoms with van der Waals surface area (Å²) < 4.78 is 12.3. The van der Waals surface area contributed by atoms with Gasteiger partial charge in [0.1, 0.15) is 6.61 Å². The fourth-order valence-corrected chi connectivity index (χ4v) is 2.56. The predicted octanol–water partition coefficient (Wildman–Crippen LogP) is 0.529. The first kappa shape index (κ1) is 14.0. The molecule has 1 aromatic rings. The Balaban J connectivity index is 2.17. The Labute approximate surface area is 113 Å². The molecule has 6 nitrogen and oxygen atoms in total. The highest BCUT2D eigenvalue weighted by atomic mass is 16.5. The first-order valence-electron chi connectivity index (χ1n) is 6.52. The molecule has 0 unspecified atom stereocenters. The molecular weight excluding hydrogens is 246 g/mol. The molecule has 0 saturated heterocycles. The molecule has 106 valence electrons. The van der Waals surface area contributed by atoms with Crippen molar-refractivity contribution >= 4 is 5.91 Å². The maximum Gasteiger partial charge on any atom is 0.248 e. The van der Waals surface area contributed by atoms with Gasteiger partial charge in [-0.05, 0) is 6.92 Å². The summed E-state index contributed by atoms with van der Waals surface area (Å²) in [6.45, 7) is 4.65. The summed E-state index contributed by atoms with van der Waals surface area (Å²) in [5, 5.41) is 4.29. The van der Waals surface area contributed by atoms with E-state index in [1.165, 1.54) is 12.8 Å². The van der Waals surface area contributed by atoms with Crippen LogP contribution < -0.4 is 0 Å². The summed E-state index contributed by atoms with van der Waals surface area (Å²) >= 11 is 0. The Hall–Kier alpha value is -1.40. The van der Waals surface area contributed by atoms with Crippen molar-refractivity contribution in [2.75, 3.05) is 33.5 Å². The SMILES string of the molecule is CCOC[C@H]1CN(C(=O)COC)Cc2cnn(C)c21. The van der Waals surface area contributed by atoms with Crippen molar-refractivity contribution in [3.8, 4) is 0 Å². The van der Waals surface area contributed by atoms with E-state index in [0.29, 0.717) is 26.3 Å². The minimum absolute atomic E-state index is 0.0125. The molecular formula is C13H21N3O3. The molecule has 0 bridgehead atoms. The van der Waals surface area contributed by atoms with Gasteiger partial charge < -0.3 is 14.4 Å². The first-order chi connectivity index (χ1) is 9.17. The maximum atomic E-state index is 12.0. The Kier molecular flexibility index (Phi) is 4.55. The van der Waals surface area contributed by atoms with Crippen LogP contribution in [-0.4, -0.2) is 54.1 Å². The lowest BCUT2D eigenvalue weighted by Crippen LogP contribution is -2.41. The number of aryl methyl sites for hydroxylation is 1. The zero-order valence-corrected chi connectivity index (χ0v) is 11.8. The fourth-order valence-electron chi connectivity index (χ4n) is 2.56. The topological polar surface area (TPSA) is 56.6 Å². The highest BCUT2D eigenvalue weighted by Gasteiger charge is 2.30. The van der Waals surface area contributed by atoms with E-state index in [2.05, 4.69) is 5.10 Å². The number of amides is 1. The molecule has 0 fully saturated rings. The summed E-state index contributed by atoms with van der Waals surface area (Å²) in [4.78, 5) is 13.8. The van der Waals surface area contributed by atoms with Gasteiger partial charge in [0.2, 0.25) is 5.91 Å². The molecule has 6 heteroatoms. The second-order valence-electron chi connectivity index (χ2n) is 4.74. The second kappa shape index (κ2) is 6.16. The zero-order chi connectivity index (χ0) is 13.8. The van der Waals surface area contributed by atoms with E-state index < -0.39 is 0 Å². The standard InChI is InChI=1S/C13H21N3O3/c1-4-19-8-11-7-16(12(17)9-18-3)6-10-5-14-15(2)13(10)11/h5,11H,4,6-9H2,1-3H3/t11-/m1/s1. The molecule has 1 aromatic heterocycles. The van der Waals surface area contributed by atoms with Gasteiger partial charge >= 0.3 is 0 Å². The van der Waals surface area contributed by atoms with Crippen LogP contribution >= 0.6 is 0 Å². The van der Waals surface area contributed by atoms with E-state index in [-0.39, 0.29) is 18.4 Å². The quantitative estimate of drug-likeness (QED) is 0.781. The molecule has 1 aliphatic rings. The van der Waals surface area contributed by atoms with Gasteiger partial charge in [-0.25, -0.2) is 0 Å². The second-order valence-corrected chi connectivity index (χ2v) is 4.74. The van der Waals surface area contributed by atoms with Gasteiger partial charge in [-0.15, -0.1) is 0 Å². The monoisotopic (exact) mass is 267 g/mol. The molecule has 0 saturated carbocycles. The smallest absolute Gasteiger partial charge is 0.248 e. The molecule has 0 radical (unpaired) electrons. The van der Waals surface area contributed by atoms with Gasteiger partial charge in [-0.3, -0.25) is 9.48 Å². The summed E-state index contributed by atoms with van der Waals surface area (Å²) in [7, 11) is 3.47. The van der Waals surface area contributed by atoms with Crippen LogP contribution in [0.3, 0.4) is 0 Å². The third-order valence-corrected chi connectivity index (χ3v) is 3.40. The number of carbonyl (C=O) groups excluding carboxylic acids is 1. The fraction of sp³-hybridized carbons (Fsp3) is 0.692. The van der Waals surface area contributed by atoms with Gasteiger partial charge in [0.15, 0.2) is 0 Å². The Morgan fingerprint density at radius 2 is 2.37 bits per heavy atom. The molecule has 0 spiro atoms. The highest BCUT2D eigenvalue weighted by molar-refractivity contribution is 5.77. The molecule has 2 rings (SSSR count). The summed E-state index contributed by atoms with van der Waals surface area (Å²) in [6, 6.07) is 0. The Bertz CT molecular complexity index is 444. The molecule has 1 aliphatic heterocycles. The van der Waals surface area contributed by atoms with Crippen LogP contribution in [0.15, 0.2) is 6.20 Å². The number of ether oxygens (including phenoxy) is 2. The van der Waals surface area contributed by atoms with E-state index >= 15 is 0 Å². The Morgan fingerprint density at radius 3 is 3.05 bits per heavy atom. The predicted molar refractivity (Wildman–Crippen MR) is 69.7 cm³/mol. The van der Waals surface area contributed by atoms with Gasteiger partial charge in [-0.1, -0.05) is 0 Å². The average Bonchev–Trinajstić information content (AvgIpc) is 2.78. The molecule has 0 aromatic carbocycles. The summed E-state index contributed by atoms with van der Waals surface area (Å²) in [6.07, 6.45) is 1.83. The van der Waals surface area contributed by atoms with Crippen molar-refractivity contribution in [2.45, 2.75) is 19.4 Å². The van der Waals surface area contributed by atoms with Crippen molar-refractivity contribution in [3.63, 3.8) is 0 Å². The van der Waals surface area contributed by atoms with Crippen LogP contribution in [0.25, 0.3) is 0 Å². The van der Waals surface area contributed by atoms with Crippen molar-refractivity contribution in [3.05, 3.63) is 17.5 Å². The van der Waals surface area contributed by atoms with Crippen LogP contribution in [0.5, 0.6) is 0 Å². The van der Waals surface area contributed by atoms with Crippen LogP contribution in [0.1, 0.15) is 24.1 Å². The maximum absolute atomic E-state index is 12.0. The van der Waals surface area contributed by atoms with E-state index in [1.54, 1.807) is 0 Å². The van der Waals surface area contributed by atoms with Crippen molar-refractivity contribution < 1.29 is 14.3 Å². The van der Waals surface area contributed by atoms with Gasteiger partial charge in [0, 0.05) is 45.3 Å². The van der Waals surface area contributed by atoms with Crippen LogP contribution in [-0.2, 0) is 27.9 Å². The third kappa shape index (κ3) is 2.96. The summed E-state index contributed by atoms with van der Waals surface area (Å²) in [5.41, 5.74) is 2.28. The van der Waals surface area contributed by atoms with Crippen LogP contribution in [0.4, 0.5) is 0 Å². The molecule has 19 heavy (non-hydrogen) atoms. The minimum Gasteiger partial charge on any atom is -0.381 e. The van der Waals surface area contributed by atoms with Gasteiger partial charge in [0.05, 0.1) is 18.5 Å².